The van der Waals surface area contributed by atoms with Gasteiger partial charge in [-0.25, -0.2) is 0 Å². The molecule has 0 spiro atoms. The molecule has 4 nitrogen and oxygen atoms in total. The number of carboxylic acids is 2. The summed E-state index contributed by atoms with van der Waals surface area (Å²) in [7, 11) is 0. The average Bonchev–Trinajstić information content (AvgIpc) is 2.14. The van der Waals surface area contributed by atoms with Gasteiger partial charge in [0, 0.05) is 0 Å². The van der Waals surface area contributed by atoms with Crippen molar-refractivity contribution in [3.8, 4) is 0 Å². The molecule has 0 aromatic rings. The van der Waals surface area contributed by atoms with Gasteiger partial charge in [0.25, 0.3) is 0 Å². The predicted molar refractivity (Wildman–Crippen MR) is 62.1 cm³/mol. The highest BCUT2D eigenvalue weighted by Gasteiger charge is 2.63. The maximum Gasteiger partial charge on any atom is 0.309 e. The monoisotopic (exact) mass is 260 g/mol. The van der Waals surface area contributed by atoms with E-state index in [1.807, 2.05) is 0 Å². The Morgan fingerprint density at radius 1 is 0.882 bits per heavy atom. The van der Waals surface area contributed by atoms with Crippen molar-refractivity contribution in [2.75, 3.05) is 0 Å². The van der Waals surface area contributed by atoms with Gasteiger partial charge in [-0.3, -0.25) is 9.59 Å². The minimum Gasteiger partial charge on any atom is -0.481 e. The zero-order chi connectivity index (χ0) is 11.6. The van der Waals surface area contributed by atoms with Gasteiger partial charge >= 0.3 is 11.9 Å². The second-order valence-electron chi connectivity index (χ2n) is 6.13. The van der Waals surface area contributed by atoms with Crippen LogP contribution < -0.4 is 0 Å². The molecule has 4 rings (SSSR count). The van der Waals surface area contributed by atoms with E-state index < -0.39 is 22.8 Å². The molecule has 0 aromatic carbocycles. The van der Waals surface area contributed by atoms with Crippen LogP contribution in [0.2, 0.25) is 0 Å². The standard InChI is InChI=1S/C12H16O4.ClH/c13-9(14)11-2-7-1-8(4-11)5-12(3-7,6-11)10(15)16;/h7-8H,1-6H2,(H,13,14)(H,15,16);1H. The summed E-state index contributed by atoms with van der Waals surface area (Å²) in [6.45, 7) is 0. The van der Waals surface area contributed by atoms with Crippen molar-refractivity contribution < 1.29 is 19.8 Å². The van der Waals surface area contributed by atoms with E-state index >= 15 is 0 Å². The lowest BCUT2D eigenvalue weighted by molar-refractivity contribution is -0.187. The van der Waals surface area contributed by atoms with E-state index in [1.165, 1.54) is 0 Å². The van der Waals surface area contributed by atoms with Gasteiger partial charge in [0.2, 0.25) is 0 Å². The number of carboxylic acid groups (broad SMARTS) is 2. The number of carbonyl (C=O) groups is 2. The Bertz CT molecular complexity index is 333. The number of rotatable bonds is 2. The SMILES string of the molecule is Cl.O=C(O)C12CC3CC(C1)CC(C(=O)O)(C3)C2. The molecule has 96 valence electrons. The van der Waals surface area contributed by atoms with Crippen LogP contribution in [-0.4, -0.2) is 22.2 Å². The summed E-state index contributed by atoms with van der Waals surface area (Å²) in [5, 5.41) is 18.8. The van der Waals surface area contributed by atoms with E-state index in [1.54, 1.807) is 0 Å². The molecule has 4 aliphatic rings. The predicted octanol–water partition coefficient (Wildman–Crippen LogP) is 2.16. The highest BCUT2D eigenvalue weighted by molar-refractivity contribution is 5.85. The third-order valence-corrected chi connectivity index (χ3v) is 4.97. The molecule has 0 unspecified atom stereocenters. The first kappa shape index (κ1) is 12.7. The van der Waals surface area contributed by atoms with Crippen molar-refractivity contribution in [1.29, 1.82) is 0 Å². The molecule has 0 saturated heterocycles. The number of hydrogen-bond acceptors (Lipinski definition) is 2. The van der Waals surface area contributed by atoms with E-state index in [-0.39, 0.29) is 12.4 Å². The van der Waals surface area contributed by atoms with Gasteiger partial charge in [-0.15, -0.1) is 12.4 Å². The van der Waals surface area contributed by atoms with E-state index in [4.69, 9.17) is 0 Å². The molecule has 17 heavy (non-hydrogen) atoms. The van der Waals surface area contributed by atoms with Crippen LogP contribution in [0.1, 0.15) is 38.5 Å². The molecule has 0 aliphatic heterocycles. The number of halogens is 1. The molecule has 0 heterocycles. The largest absolute Gasteiger partial charge is 0.481 e. The Hall–Kier alpha value is -0.770. The highest BCUT2D eigenvalue weighted by atomic mass is 35.5. The zero-order valence-electron chi connectivity index (χ0n) is 9.52. The first-order valence-corrected chi connectivity index (χ1v) is 5.93. The summed E-state index contributed by atoms with van der Waals surface area (Å²) in [6.07, 6.45) is 4.21. The fraction of sp³-hybridized carbons (Fsp3) is 0.833. The van der Waals surface area contributed by atoms with Crippen molar-refractivity contribution in [3.05, 3.63) is 0 Å². The number of aliphatic carboxylic acids is 2. The second kappa shape index (κ2) is 3.61. The molecule has 5 heteroatoms. The van der Waals surface area contributed by atoms with Crippen molar-refractivity contribution >= 4 is 24.3 Å². The van der Waals surface area contributed by atoms with Crippen molar-refractivity contribution in [1.82, 2.24) is 0 Å². The molecule has 0 atom stereocenters. The molecule has 2 N–H and O–H groups in total. The van der Waals surface area contributed by atoms with E-state index in [0.717, 1.165) is 6.42 Å². The third kappa shape index (κ3) is 1.57. The van der Waals surface area contributed by atoms with Crippen LogP contribution in [0.3, 0.4) is 0 Å². The first-order valence-electron chi connectivity index (χ1n) is 5.93. The molecule has 4 bridgehead atoms. The van der Waals surface area contributed by atoms with E-state index in [2.05, 4.69) is 0 Å². The van der Waals surface area contributed by atoms with Crippen LogP contribution in [0.5, 0.6) is 0 Å². The Balaban J connectivity index is 0.00000108. The van der Waals surface area contributed by atoms with Gasteiger partial charge in [-0.1, -0.05) is 0 Å². The Morgan fingerprint density at radius 3 is 1.53 bits per heavy atom. The van der Waals surface area contributed by atoms with Crippen molar-refractivity contribution in [2.45, 2.75) is 38.5 Å². The fourth-order valence-electron chi connectivity index (χ4n) is 4.76. The molecule has 0 aromatic heterocycles. The molecular weight excluding hydrogens is 244 g/mol. The van der Waals surface area contributed by atoms with Gasteiger partial charge in [0.15, 0.2) is 0 Å². The summed E-state index contributed by atoms with van der Waals surface area (Å²) in [5.74, 6) is -0.888. The molecule has 4 saturated carbocycles. The van der Waals surface area contributed by atoms with Gasteiger partial charge in [-0.05, 0) is 50.4 Å². The summed E-state index contributed by atoms with van der Waals surface area (Å²) in [5.41, 5.74) is -1.44. The summed E-state index contributed by atoms with van der Waals surface area (Å²) in [4.78, 5) is 22.8. The molecule has 4 aliphatic carbocycles. The smallest absolute Gasteiger partial charge is 0.309 e. The van der Waals surface area contributed by atoms with Crippen LogP contribution in [0.25, 0.3) is 0 Å². The fourth-order valence-corrected chi connectivity index (χ4v) is 4.76. The van der Waals surface area contributed by atoms with Crippen LogP contribution in [0.4, 0.5) is 0 Å². The van der Waals surface area contributed by atoms with Crippen LogP contribution in [0, 0.1) is 22.7 Å². The second-order valence-corrected chi connectivity index (χ2v) is 6.13. The lowest BCUT2D eigenvalue weighted by atomic mass is 9.44. The average molecular weight is 261 g/mol. The topological polar surface area (TPSA) is 74.6 Å². The van der Waals surface area contributed by atoms with E-state index in [9.17, 15) is 19.8 Å². The van der Waals surface area contributed by atoms with Gasteiger partial charge in [0.1, 0.15) is 0 Å². The summed E-state index contributed by atoms with van der Waals surface area (Å²) >= 11 is 0. The van der Waals surface area contributed by atoms with Gasteiger partial charge in [0.05, 0.1) is 10.8 Å². The quantitative estimate of drug-likeness (QED) is 0.798. The van der Waals surface area contributed by atoms with Crippen molar-refractivity contribution in [3.63, 3.8) is 0 Å². The summed E-state index contributed by atoms with van der Waals surface area (Å²) < 4.78 is 0. The number of hydrogen-bond donors (Lipinski definition) is 2. The maximum absolute atomic E-state index is 11.4. The Kier molecular flexibility index (Phi) is 2.69. The van der Waals surface area contributed by atoms with Crippen LogP contribution in [0.15, 0.2) is 0 Å². The normalized spacial score (nSPS) is 46.4. The Labute approximate surface area is 106 Å². The minimum absolute atomic E-state index is 0. The molecule has 0 amide bonds. The third-order valence-electron chi connectivity index (χ3n) is 4.97. The van der Waals surface area contributed by atoms with E-state index in [0.29, 0.717) is 43.9 Å². The molecule has 4 fully saturated rings. The van der Waals surface area contributed by atoms with Crippen LogP contribution in [-0.2, 0) is 9.59 Å². The summed E-state index contributed by atoms with van der Waals surface area (Å²) in [6, 6.07) is 0. The van der Waals surface area contributed by atoms with Gasteiger partial charge in [-0.2, -0.15) is 0 Å². The minimum atomic E-state index is -0.771. The lowest BCUT2D eigenvalue weighted by Gasteiger charge is -2.58. The molecular formula is C12H17ClO4. The van der Waals surface area contributed by atoms with Gasteiger partial charge < -0.3 is 10.2 Å². The zero-order valence-corrected chi connectivity index (χ0v) is 10.3. The molecule has 0 radical (unpaired) electrons. The Morgan fingerprint density at radius 2 is 1.24 bits per heavy atom. The maximum atomic E-state index is 11.4. The van der Waals surface area contributed by atoms with Crippen molar-refractivity contribution in [2.24, 2.45) is 22.7 Å². The first-order chi connectivity index (χ1) is 7.46. The lowest BCUT2D eigenvalue weighted by Crippen LogP contribution is -2.57. The van der Waals surface area contributed by atoms with Crippen LogP contribution >= 0.6 is 12.4 Å². The highest BCUT2D eigenvalue weighted by Crippen LogP contribution is 2.65.